The Labute approximate surface area is 198 Å². The molecule has 0 aliphatic rings. The highest BCUT2D eigenvalue weighted by atomic mass is 32.1. The number of aliphatic hydroxyl groups is 1. The summed E-state index contributed by atoms with van der Waals surface area (Å²) in [7, 11) is 0. The zero-order valence-corrected chi connectivity index (χ0v) is 20.0. The van der Waals surface area contributed by atoms with E-state index in [2.05, 4.69) is 33.6 Å². The quantitative estimate of drug-likeness (QED) is 0.0499. The van der Waals surface area contributed by atoms with Gasteiger partial charge in [-0.25, -0.2) is 4.79 Å². The second-order valence-electron chi connectivity index (χ2n) is 7.73. The van der Waals surface area contributed by atoms with Gasteiger partial charge in [-0.3, -0.25) is 19.4 Å². The summed E-state index contributed by atoms with van der Waals surface area (Å²) in [6.07, 6.45) is -0.231. The Bertz CT molecular complexity index is 702. The maximum Gasteiger partial charge on any atom is 0.326 e. The molecule has 0 heterocycles. The molecule has 14 heteroatoms. The van der Waals surface area contributed by atoms with E-state index in [1.165, 1.54) is 6.92 Å². The molecule has 6 unspecified atom stereocenters. The van der Waals surface area contributed by atoms with Gasteiger partial charge in [0, 0.05) is 12.3 Å². The zero-order valence-electron chi connectivity index (χ0n) is 19.2. The van der Waals surface area contributed by atoms with Crippen molar-refractivity contribution >= 4 is 42.3 Å². The summed E-state index contributed by atoms with van der Waals surface area (Å²) in [5.74, 6) is -3.95. The lowest BCUT2D eigenvalue weighted by Crippen LogP contribution is -2.60. The first-order chi connectivity index (χ1) is 15.3. The molecular formula is C19H37N7O6S. The third kappa shape index (κ3) is 11.2. The summed E-state index contributed by atoms with van der Waals surface area (Å²) in [5.41, 5.74) is 16.1. The number of carboxylic acids is 1. The molecule has 0 aliphatic heterocycles. The van der Waals surface area contributed by atoms with E-state index in [9.17, 15) is 29.4 Å². The average molecular weight is 492 g/mol. The van der Waals surface area contributed by atoms with Gasteiger partial charge >= 0.3 is 5.97 Å². The molecule has 0 spiro atoms. The van der Waals surface area contributed by atoms with Crippen LogP contribution in [0.1, 0.15) is 40.0 Å². The van der Waals surface area contributed by atoms with Crippen molar-refractivity contribution in [3.05, 3.63) is 0 Å². The molecule has 0 radical (unpaired) electrons. The molecular weight excluding hydrogens is 454 g/mol. The van der Waals surface area contributed by atoms with Crippen molar-refractivity contribution in [2.24, 2.45) is 28.1 Å². The average Bonchev–Trinajstić information content (AvgIpc) is 2.75. The van der Waals surface area contributed by atoms with Gasteiger partial charge in [0.1, 0.15) is 24.2 Å². The van der Waals surface area contributed by atoms with Crippen LogP contribution < -0.4 is 33.2 Å². The predicted molar refractivity (Wildman–Crippen MR) is 126 cm³/mol. The fourth-order valence-electron chi connectivity index (χ4n) is 2.66. The topological polar surface area (TPSA) is 235 Å². The van der Waals surface area contributed by atoms with Gasteiger partial charge in [0.25, 0.3) is 0 Å². The number of nitrogens with two attached hydrogens (primary N) is 3. The van der Waals surface area contributed by atoms with Crippen molar-refractivity contribution in [1.82, 2.24) is 16.0 Å². The van der Waals surface area contributed by atoms with Crippen molar-refractivity contribution in [3.63, 3.8) is 0 Å². The van der Waals surface area contributed by atoms with Gasteiger partial charge in [0.05, 0.1) is 6.10 Å². The molecule has 0 aliphatic carbocycles. The van der Waals surface area contributed by atoms with Crippen LogP contribution in [-0.2, 0) is 19.2 Å². The molecule has 11 N–H and O–H groups in total. The number of rotatable bonds is 15. The van der Waals surface area contributed by atoms with Gasteiger partial charge in [0.2, 0.25) is 17.7 Å². The molecule has 6 atom stereocenters. The fourth-order valence-corrected chi connectivity index (χ4v) is 2.92. The highest BCUT2D eigenvalue weighted by Crippen LogP contribution is 2.10. The highest BCUT2D eigenvalue weighted by molar-refractivity contribution is 7.80. The normalized spacial score (nSPS) is 16.3. The lowest BCUT2D eigenvalue weighted by molar-refractivity contribution is -0.142. The number of nitrogens with one attached hydrogen (secondary N) is 3. The van der Waals surface area contributed by atoms with Crippen molar-refractivity contribution in [2.75, 3.05) is 12.3 Å². The fraction of sp³-hybridized carbons (Fsp3) is 0.737. The molecule has 33 heavy (non-hydrogen) atoms. The van der Waals surface area contributed by atoms with E-state index in [4.69, 9.17) is 17.2 Å². The van der Waals surface area contributed by atoms with Crippen LogP contribution in [0.2, 0.25) is 0 Å². The van der Waals surface area contributed by atoms with E-state index >= 15 is 0 Å². The first-order valence-corrected chi connectivity index (χ1v) is 11.2. The summed E-state index contributed by atoms with van der Waals surface area (Å²) in [6.45, 7) is 5.08. The number of nitrogens with zero attached hydrogens (tertiary/aromatic N) is 1. The Morgan fingerprint density at radius 1 is 1.00 bits per heavy atom. The molecule has 190 valence electrons. The predicted octanol–water partition coefficient (Wildman–Crippen LogP) is -2.74. The Morgan fingerprint density at radius 2 is 1.58 bits per heavy atom. The van der Waals surface area contributed by atoms with Crippen molar-refractivity contribution in [2.45, 2.75) is 70.3 Å². The molecule has 0 rings (SSSR count). The number of aliphatic hydroxyl groups excluding tert-OH is 1. The number of aliphatic carboxylic acids is 1. The number of hydrogen-bond donors (Lipinski definition) is 9. The Morgan fingerprint density at radius 3 is 2.03 bits per heavy atom. The van der Waals surface area contributed by atoms with Gasteiger partial charge in [-0.15, -0.1) is 0 Å². The number of guanidine groups is 1. The summed E-state index contributed by atoms with van der Waals surface area (Å²) in [5, 5.41) is 26.2. The van der Waals surface area contributed by atoms with Crippen LogP contribution >= 0.6 is 12.6 Å². The van der Waals surface area contributed by atoms with Crippen LogP contribution in [0.15, 0.2) is 4.99 Å². The first kappa shape index (κ1) is 30.4. The smallest absolute Gasteiger partial charge is 0.326 e. The van der Waals surface area contributed by atoms with E-state index in [0.717, 1.165) is 0 Å². The standard InChI is InChI=1S/C19H37N7O6S/c1-4-9(2)14(26-16(29)13(20)10(3)27)17(30)25-12(8-33)15(28)24-11(18(31)32)6-5-7-23-19(21)22/h9-14,27,33H,4-8,20H2,1-3H3,(H,24,28)(H,25,30)(H,26,29)(H,31,32)(H4,21,22,23). The maximum atomic E-state index is 12.8. The number of amides is 3. The number of carbonyl (C=O) groups excluding carboxylic acids is 3. The maximum absolute atomic E-state index is 12.8. The van der Waals surface area contributed by atoms with Crippen LogP contribution in [0, 0.1) is 5.92 Å². The molecule has 0 fully saturated rings. The van der Waals surface area contributed by atoms with Crippen LogP contribution in [0.4, 0.5) is 0 Å². The number of carboxylic acid groups (broad SMARTS) is 1. The minimum absolute atomic E-state index is 0.0634. The van der Waals surface area contributed by atoms with Crippen LogP contribution in [0.25, 0.3) is 0 Å². The monoisotopic (exact) mass is 491 g/mol. The summed E-state index contributed by atoms with van der Waals surface area (Å²) < 4.78 is 0. The molecule has 0 bridgehead atoms. The van der Waals surface area contributed by atoms with E-state index in [0.29, 0.717) is 12.8 Å². The first-order valence-electron chi connectivity index (χ1n) is 10.6. The summed E-state index contributed by atoms with van der Waals surface area (Å²) in [4.78, 5) is 52.9. The second kappa shape index (κ2) is 15.3. The summed E-state index contributed by atoms with van der Waals surface area (Å²) in [6, 6.07) is -4.64. The molecule has 0 aromatic rings. The lowest BCUT2D eigenvalue weighted by Gasteiger charge is -2.28. The Balaban J connectivity index is 5.23. The minimum atomic E-state index is -1.26. The van der Waals surface area contributed by atoms with E-state index in [1.807, 2.05) is 6.92 Å². The lowest BCUT2D eigenvalue weighted by atomic mass is 9.97. The van der Waals surface area contributed by atoms with Gasteiger partial charge in [0.15, 0.2) is 5.96 Å². The number of carbonyl (C=O) groups is 4. The van der Waals surface area contributed by atoms with E-state index < -0.39 is 54.0 Å². The van der Waals surface area contributed by atoms with Gasteiger partial charge < -0.3 is 43.4 Å². The molecule has 0 aromatic carbocycles. The molecule has 13 nitrogen and oxygen atoms in total. The highest BCUT2D eigenvalue weighted by Gasteiger charge is 2.32. The third-order valence-electron chi connectivity index (χ3n) is 4.99. The van der Waals surface area contributed by atoms with Crippen LogP contribution in [0.5, 0.6) is 0 Å². The van der Waals surface area contributed by atoms with Gasteiger partial charge in [-0.2, -0.15) is 12.6 Å². The zero-order chi connectivity index (χ0) is 25.7. The van der Waals surface area contributed by atoms with Crippen molar-refractivity contribution in [3.8, 4) is 0 Å². The minimum Gasteiger partial charge on any atom is -0.480 e. The van der Waals surface area contributed by atoms with Crippen molar-refractivity contribution in [1.29, 1.82) is 0 Å². The third-order valence-corrected chi connectivity index (χ3v) is 5.36. The van der Waals surface area contributed by atoms with E-state index in [-0.39, 0.29) is 30.6 Å². The van der Waals surface area contributed by atoms with Crippen molar-refractivity contribution < 1.29 is 29.4 Å². The summed E-state index contributed by atoms with van der Waals surface area (Å²) >= 11 is 4.08. The largest absolute Gasteiger partial charge is 0.480 e. The molecule has 0 saturated heterocycles. The van der Waals surface area contributed by atoms with Crippen LogP contribution in [-0.4, -0.2) is 82.4 Å². The van der Waals surface area contributed by atoms with Gasteiger partial charge in [-0.05, 0) is 25.7 Å². The van der Waals surface area contributed by atoms with Gasteiger partial charge in [-0.1, -0.05) is 20.3 Å². The Kier molecular flexibility index (Phi) is 14.1. The number of thiol groups is 1. The Hall–Kier alpha value is -2.58. The molecule has 3 amide bonds. The number of hydrogen-bond acceptors (Lipinski definition) is 8. The second-order valence-corrected chi connectivity index (χ2v) is 8.10. The molecule has 0 saturated carbocycles. The van der Waals surface area contributed by atoms with E-state index in [1.54, 1.807) is 6.92 Å². The molecule has 0 aromatic heterocycles. The number of aliphatic imine (C=N–C) groups is 1. The SMILES string of the molecule is CCC(C)C(NC(=O)C(N)C(C)O)C(=O)NC(CS)C(=O)NC(CCCN=C(N)N)C(=O)O. The van der Waals surface area contributed by atoms with Crippen LogP contribution in [0.3, 0.4) is 0 Å².